The molecule has 2 atom stereocenters. The van der Waals surface area contributed by atoms with E-state index >= 15 is 0 Å². The Morgan fingerprint density at radius 2 is 2.43 bits per heavy atom. The average Bonchev–Trinajstić information content (AvgIpc) is 1.68. The molecular weight excluding hydrogens is 92.1 g/mol. The molecule has 3 heteroatoms. The molecule has 0 aromatic rings. The molecule has 0 bridgehead atoms. The number of amides is 1. The molecule has 0 aliphatic carbocycles. The minimum atomic E-state index is -0.0903. The van der Waals surface area contributed by atoms with E-state index in [1.54, 1.807) is 0 Å². The summed E-state index contributed by atoms with van der Waals surface area (Å²) in [4.78, 5) is 10.2. The number of nitrogens with one attached hydrogen (secondary N) is 1. The van der Waals surface area contributed by atoms with Gasteiger partial charge in [-0.25, -0.2) is 0 Å². The highest BCUT2D eigenvalue weighted by molar-refractivity contribution is 5.85. The van der Waals surface area contributed by atoms with Crippen LogP contribution in [0.1, 0.15) is 6.92 Å². The van der Waals surface area contributed by atoms with Crippen molar-refractivity contribution in [2.24, 2.45) is 11.7 Å². The summed E-state index contributed by atoms with van der Waals surface area (Å²) >= 11 is 0. The first-order chi connectivity index (χ1) is 3.22. The molecule has 3 N–H and O–H groups in total. The molecule has 1 saturated heterocycles. The van der Waals surface area contributed by atoms with E-state index in [2.05, 4.69) is 5.32 Å². The van der Waals surface area contributed by atoms with Crippen molar-refractivity contribution in [3.63, 3.8) is 0 Å². The van der Waals surface area contributed by atoms with E-state index in [0.717, 1.165) is 0 Å². The minimum Gasteiger partial charge on any atom is -0.340 e. The van der Waals surface area contributed by atoms with Crippen molar-refractivity contribution in [3.05, 3.63) is 0 Å². The van der Waals surface area contributed by atoms with Crippen LogP contribution < -0.4 is 11.1 Å². The molecule has 1 amide bonds. The van der Waals surface area contributed by atoms with Crippen LogP contribution in [-0.2, 0) is 4.79 Å². The second kappa shape index (κ2) is 1.20. The van der Waals surface area contributed by atoms with Gasteiger partial charge in [0, 0.05) is 0 Å². The Bertz CT molecular complexity index is 102. The molecule has 0 aromatic heterocycles. The van der Waals surface area contributed by atoms with Crippen LogP contribution >= 0.6 is 0 Å². The molecule has 0 aromatic carbocycles. The van der Waals surface area contributed by atoms with E-state index in [1.807, 2.05) is 6.92 Å². The zero-order valence-electron chi connectivity index (χ0n) is 4.14. The molecule has 7 heavy (non-hydrogen) atoms. The number of carbonyl (C=O) groups is 1. The maximum atomic E-state index is 10.2. The monoisotopic (exact) mass is 100 g/mol. The van der Waals surface area contributed by atoms with Crippen LogP contribution in [0.5, 0.6) is 0 Å². The Morgan fingerprint density at radius 3 is 2.43 bits per heavy atom. The SMILES string of the molecule is C[C@@H]1C(=O)N[C@H]1N. The van der Waals surface area contributed by atoms with Crippen LogP contribution in [0.3, 0.4) is 0 Å². The molecule has 1 aliphatic rings. The molecule has 0 radical (unpaired) electrons. The first kappa shape index (κ1) is 4.59. The molecule has 3 nitrogen and oxygen atoms in total. The second-order valence-corrected chi connectivity index (χ2v) is 1.82. The van der Waals surface area contributed by atoms with Gasteiger partial charge in [-0.15, -0.1) is 0 Å². The van der Waals surface area contributed by atoms with E-state index in [-0.39, 0.29) is 18.0 Å². The molecule has 0 spiro atoms. The van der Waals surface area contributed by atoms with E-state index in [0.29, 0.717) is 0 Å². The van der Waals surface area contributed by atoms with Crippen LogP contribution in [0.2, 0.25) is 0 Å². The molecule has 1 aliphatic heterocycles. The number of nitrogens with two attached hydrogens (primary N) is 1. The summed E-state index contributed by atoms with van der Waals surface area (Å²) in [5, 5.41) is 2.49. The Hall–Kier alpha value is -0.570. The molecule has 0 saturated carbocycles. The van der Waals surface area contributed by atoms with Gasteiger partial charge in [0.2, 0.25) is 5.91 Å². The smallest absolute Gasteiger partial charge is 0.227 e. The lowest BCUT2D eigenvalue weighted by Crippen LogP contribution is -2.61. The van der Waals surface area contributed by atoms with Crippen molar-refractivity contribution < 1.29 is 4.79 Å². The van der Waals surface area contributed by atoms with Crippen molar-refractivity contribution in [2.45, 2.75) is 13.1 Å². The highest BCUT2D eigenvalue weighted by Crippen LogP contribution is 2.06. The van der Waals surface area contributed by atoms with E-state index in [9.17, 15) is 4.79 Å². The maximum absolute atomic E-state index is 10.2. The van der Waals surface area contributed by atoms with E-state index in [1.165, 1.54) is 0 Å². The summed E-state index contributed by atoms with van der Waals surface area (Å²) in [6, 6.07) is 0. The fraction of sp³-hybridized carbons (Fsp3) is 0.750. The summed E-state index contributed by atoms with van der Waals surface area (Å²) in [7, 11) is 0. The first-order valence-electron chi connectivity index (χ1n) is 2.28. The third kappa shape index (κ3) is 0.489. The summed E-state index contributed by atoms with van der Waals surface area (Å²) in [5.41, 5.74) is 5.28. The summed E-state index contributed by atoms with van der Waals surface area (Å²) < 4.78 is 0. The van der Waals surface area contributed by atoms with Crippen molar-refractivity contribution in [1.29, 1.82) is 0 Å². The van der Waals surface area contributed by atoms with Crippen molar-refractivity contribution >= 4 is 5.91 Å². The topological polar surface area (TPSA) is 55.1 Å². The molecule has 1 rings (SSSR count). The lowest BCUT2D eigenvalue weighted by atomic mass is 10.0. The molecule has 0 unspecified atom stereocenters. The van der Waals surface area contributed by atoms with Gasteiger partial charge in [0.05, 0.1) is 12.1 Å². The lowest BCUT2D eigenvalue weighted by Gasteiger charge is -2.30. The number of rotatable bonds is 0. The molecule has 1 heterocycles. The third-order valence-electron chi connectivity index (χ3n) is 1.26. The van der Waals surface area contributed by atoms with Crippen LogP contribution in [-0.4, -0.2) is 12.1 Å². The normalized spacial score (nSPS) is 39.4. The average molecular weight is 100 g/mol. The van der Waals surface area contributed by atoms with E-state index in [4.69, 9.17) is 5.73 Å². The predicted molar refractivity (Wildman–Crippen MR) is 25.3 cm³/mol. The van der Waals surface area contributed by atoms with Crippen molar-refractivity contribution in [3.8, 4) is 0 Å². The fourth-order valence-corrected chi connectivity index (χ4v) is 0.488. The predicted octanol–water partition coefficient (Wildman–Crippen LogP) is -0.963. The van der Waals surface area contributed by atoms with Crippen LogP contribution in [0.15, 0.2) is 0 Å². The van der Waals surface area contributed by atoms with Gasteiger partial charge in [-0.05, 0) is 0 Å². The van der Waals surface area contributed by atoms with Crippen molar-refractivity contribution in [1.82, 2.24) is 5.32 Å². The highest BCUT2D eigenvalue weighted by atomic mass is 16.2. The number of hydrogen-bond donors (Lipinski definition) is 2. The highest BCUT2D eigenvalue weighted by Gasteiger charge is 2.31. The Labute approximate surface area is 41.9 Å². The largest absolute Gasteiger partial charge is 0.340 e. The Morgan fingerprint density at radius 1 is 1.86 bits per heavy atom. The van der Waals surface area contributed by atoms with Gasteiger partial charge in [-0.2, -0.15) is 0 Å². The van der Waals surface area contributed by atoms with Gasteiger partial charge in [-0.3, -0.25) is 4.79 Å². The standard InChI is InChI=1S/C4H8N2O/c1-2-3(5)6-4(2)7/h2-3H,5H2,1H3,(H,6,7)/t2-,3+/m0/s1. The molecular formula is C4H8N2O. The minimum absolute atomic E-state index is 0.0278. The zero-order valence-corrected chi connectivity index (χ0v) is 4.14. The van der Waals surface area contributed by atoms with Gasteiger partial charge >= 0.3 is 0 Å². The van der Waals surface area contributed by atoms with Crippen LogP contribution in [0.25, 0.3) is 0 Å². The van der Waals surface area contributed by atoms with Gasteiger partial charge in [-0.1, -0.05) is 6.92 Å². The lowest BCUT2D eigenvalue weighted by molar-refractivity contribution is -0.133. The van der Waals surface area contributed by atoms with E-state index < -0.39 is 0 Å². The third-order valence-corrected chi connectivity index (χ3v) is 1.26. The maximum Gasteiger partial charge on any atom is 0.227 e. The van der Waals surface area contributed by atoms with Crippen LogP contribution in [0.4, 0.5) is 0 Å². The quantitative estimate of drug-likeness (QED) is 0.385. The number of β-lactam (4-membered cyclic amide) rings is 1. The summed E-state index contributed by atoms with van der Waals surface area (Å²) in [6.07, 6.45) is -0.0903. The van der Waals surface area contributed by atoms with Gasteiger partial charge < -0.3 is 11.1 Å². The Balaban J connectivity index is 2.43. The second-order valence-electron chi connectivity index (χ2n) is 1.82. The first-order valence-corrected chi connectivity index (χ1v) is 2.28. The summed E-state index contributed by atoms with van der Waals surface area (Å²) in [5.74, 6) is 0.0903. The molecule has 1 fully saturated rings. The van der Waals surface area contributed by atoms with Crippen LogP contribution in [0, 0.1) is 5.92 Å². The van der Waals surface area contributed by atoms with Crippen molar-refractivity contribution in [2.75, 3.05) is 0 Å². The van der Waals surface area contributed by atoms with Gasteiger partial charge in [0.1, 0.15) is 0 Å². The Kier molecular flexibility index (Phi) is 0.785. The fourth-order valence-electron chi connectivity index (χ4n) is 0.488. The number of hydrogen-bond acceptors (Lipinski definition) is 2. The summed E-state index contributed by atoms with van der Waals surface area (Å²) in [6.45, 7) is 1.81. The van der Waals surface area contributed by atoms with Gasteiger partial charge in [0.25, 0.3) is 0 Å². The number of carbonyl (C=O) groups excluding carboxylic acids is 1. The zero-order chi connectivity index (χ0) is 5.44. The van der Waals surface area contributed by atoms with Gasteiger partial charge in [0.15, 0.2) is 0 Å². The molecule has 40 valence electrons.